The number of carboxylic acid groups (broad SMARTS) is 1. The molecular formula is C28H24ClF4NO3S2. The fraction of sp³-hybridized carbons (Fsp3) is 0.250. The first-order valence-corrected chi connectivity index (χ1v) is 13.9. The molecule has 0 saturated carbocycles. The van der Waals surface area contributed by atoms with Gasteiger partial charge in [0.05, 0.1) is 5.56 Å². The predicted molar refractivity (Wildman–Crippen MR) is 147 cm³/mol. The van der Waals surface area contributed by atoms with Crippen molar-refractivity contribution in [3.63, 3.8) is 0 Å². The Balaban J connectivity index is 1.61. The number of alkyl halides is 3. The van der Waals surface area contributed by atoms with E-state index in [9.17, 15) is 22.4 Å². The van der Waals surface area contributed by atoms with Crippen molar-refractivity contribution >= 4 is 41.1 Å². The van der Waals surface area contributed by atoms with Crippen molar-refractivity contribution < 1.29 is 32.2 Å². The van der Waals surface area contributed by atoms with Gasteiger partial charge in [-0.2, -0.15) is 13.2 Å². The number of halogens is 5. The molecule has 0 aromatic heterocycles. The molecule has 0 bridgehead atoms. The van der Waals surface area contributed by atoms with Crippen molar-refractivity contribution in [2.75, 3.05) is 6.61 Å². The van der Waals surface area contributed by atoms with Crippen molar-refractivity contribution in [1.29, 1.82) is 0 Å². The molecule has 4 rings (SSSR count). The number of carboxylic acids is 1. The zero-order valence-corrected chi connectivity index (χ0v) is 23.2. The van der Waals surface area contributed by atoms with Crippen molar-refractivity contribution in [2.24, 2.45) is 0 Å². The van der Waals surface area contributed by atoms with E-state index < -0.39 is 30.1 Å². The van der Waals surface area contributed by atoms with Crippen LogP contribution in [0.5, 0.6) is 5.75 Å². The maximum Gasteiger partial charge on any atom is 0.416 e. The average Bonchev–Trinajstić information content (AvgIpc) is 3.26. The number of thioether (sulfide) groups is 2. The van der Waals surface area contributed by atoms with Gasteiger partial charge in [-0.1, -0.05) is 41.6 Å². The van der Waals surface area contributed by atoms with Gasteiger partial charge < -0.3 is 15.2 Å². The van der Waals surface area contributed by atoms with Crippen LogP contribution in [0.1, 0.15) is 34.6 Å². The summed E-state index contributed by atoms with van der Waals surface area (Å²) in [5.74, 6) is -1.05. The van der Waals surface area contributed by atoms with E-state index in [0.29, 0.717) is 21.9 Å². The van der Waals surface area contributed by atoms with Gasteiger partial charge in [0, 0.05) is 31.3 Å². The van der Waals surface area contributed by atoms with Crippen LogP contribution in [0.15, 0.2) is 76.2 Å². The monoisotopic (exact) mass is 597 g/mol. The van der Waals surface area contributed by atoms with Crippen molar-refractivity contribution in [3.8, 4) is 5.75 Å². The summed E-state index contributed by atoms with van der Waals surface area (Å²) in [7, 11) is 0. The fourth-order valence-corrected chi connectivity index (χ4v) is 7.15. The van der Waals surface area contributed by atoms with Gasteiger partial charge >= 0.3 is 12.1 Å². The molecule has 1 aliphatic heterocycles. The lowest BCUT2D eigenvalue weighted by atomic mass is 10.1. The van der Waals surface area contributed by atoms with Crippen LogP contribution in [0.25, 0.3) is 0 Å². The van der Waals surface area contributed by atoms with Crippen LogP contribution in [-0.2, 0) is 17.4 Å². The number of carbonyl (C=O) groups is 1. The quantitative estimate of drug-likeness (QED) is 0.191. The first-order valence-electron chi connectivity index (χ1n) is 11.8. The maximum absolute atomic E-state index is 14.8. The Labute approximate surface area is 236 Å². The predicted octanol–water partition coefficient (Wildman–Crippen LogP) is 8.24. The van der Waals surface area contributed by atoms with Gasteiger partial charge in [-0.15, -0.1) is 11.8 Å². The molecule has 0 saturated heterocycles. The molecule has 0 amide bonds. The molecule has 3 aromatic carbocycles. The largest absolute Gasteiger partial charge is 0.482 e. The van der Waals surface area contributed by atoms with Crippen LogP contribution in [-0.4, -0.2) is 22.9 Å². The molecule has 0 fully saturated rings. The van der Waals surface area contributed by atoms with Crippen LogP contribution in [0.4, 0.5) is 17.6 Å². The second-order valence-corrected chi connectivity index (χ2v) is 11.7. The summed E-state index contributed by atoms with van der Waals surface area (Å²) in [6.45, 7) is 3.24. The smallest absolute Gasteiger partial charge is 0.416 e. The van der Waals surface area contributed by atoms with Gasteiger partial charge in [0.1, 0.15) is 16.9 Å². The summed E-state index contributed by atoms with van der Waals surface area (Å²) in [6, 6.07) is 14.9. The number of aryl methyl sites for hydroxylation is 1. The summed E-state index contributed by atoms with van der Waals surface area (Å²) in [4.78, 5) is 12.6. The Kier molecular flexibility index (Phi) is 9.08. The molecule has 2 unspecified atom stereocenters. The molecule has 39 heavy (non-hydrogen) atoms. The summed E-state index contributed by atoms with van der Waals surface area (Å²) in [6.07, 6.45) is -4.14. The zero-order chi connectivity index (χ0) is 28.3. The number of allylic oxidation sites excluding steroid dienone is 1. The molecule has 2 N–H and O–H groups in total. The first kappa shape index (κ1) is 29.2. The van der Waals surface area contributed by atoms with E-state index in [1.54, 1.807) is 31.2 Å². The van der Waals surface area contributed by atoms with Gasteiger partial charge in [0.2, 0.25) is 0 Å². The highest BCUT2D eigenvalue weighted by Gasteiger charge is 2.33. The molecule has 1 aliphatic rings. The number of ether oxygens (including phenoxy) is 1. The summed E-state index contributed by atoms with van der Waals surface area (Å²) < 4.78 is 59.2. The molecule has 11 heteroatoms. The first-order chi connectivity index (χ1) is 18.4. The number of benzene rings is 3. The third-order valence-corrected chi connectivity index (χ3v) is 9.21. The molecule has 0 spiro atoms. The second-order valence-electron chi connectivity index (χ2n) is 8.87. The van der Waals surface area contributed by atoms with Crippen LogP contribution < -0.4 is 10.1 Å². The van der Waals surface area contributed by atoms with E-state index in [4.69, 9.17) is 21.4 Å². The molecule has 206 valence electrons. The topological polar surface area (TPSA) is 58.6 Å². The van der Waals surface area contributed by atoms with Crippen LogP contribution >= 0.6 is 35.1 Å². The molecule has 2 atom stereocenters. The lowest BCUT2D eigenvalue weighted by Crippen LogP contribution is -2.13. The molecule has 0 aliphatic carbocycles. The second kappa shape index (κ2) is 12.1. The van der Waals surface area contributed by atoms with Crippen LogP contribution in [0, 0.1) is 12.7 Å². The molecule has 3 aromatic rings. The molecule has 1 heterocycles. The highest BCUT2D eigenvalue weighted by Crippen LogP contribution is 2.48. The number of nitrogens with one attached hydrogen (secondary N) is 1. The van der Waals surface area contributed by atoms with E-state index in [1.807, 2.05) is 13.0 Å². The minimum Gasteiger partial charge on any atom is -0.482 e. The summed E-state index contributed by atoms with van der Waals surface area (Å²) in [5.41, 5.74) is 1.93. The zero-order valence-electron chi connectivity index (χ0n) is 20.8. The highest BCUT2D eigenvalue weighted by molar-refractivity contribution is 8.06. The van der Waals surface area contributed by atoms with Crippen molar-refractivity contribution in [2.45, 2.75) is 42.0 Å². The van der Waals surface area contributed by atoms with E-state index in [0.717, 1.165) is 33.2 Å². The standard InChI is InChI=1S/C28H24ClF4NO3S2/c1-15-12-19(10-11-23(15)37-14-25(35)36)38-24(13-20-21(29)4-3-5-22(20)30)26-16(2)34-27(39-26)17-6-8-18(9-7-17)28(31,32)33/h3-12,24,27,34H,13-14H2,1-2H3,(H,35,36). The number of aliphatic carboxylic acids is 1. The van der Waals surface area contributed by atoms with E-state index in [1.165, 1.54) is 41.7 Å². The van der Waals surface area contributed by atoms with Gasteiger partial charge in [0.15, 0.2) is 6.61 Å². The minimum atomic E-state index is -4.42. The SMILES string of the molecule is CC1=C(C(Cc2c(F)cccc2Cl)Sc2ccc(OCC(=O)O)c(C)c2)SC(c2ccc(C(F)(F)F)cc2)N1. The Hall–Kier alpha value is -2.82. The number of hydrogen-bond donors (Lipinski definition) is 2. The minimum absolute atomic E-state index is 0.271. The van der Waals surface area contributed by atoms with Gasteiger partial charge in [-0.3, -0.25) is 0 Å². The van der Waals surface area contributed by atoms with Crippen molar-refractivity contribution in [1.82, 2.24) is 5.32 Å². The molecule has 0 radical (unpaired) electrons. The third-order valence-electron chi connectivity index (χ3n) is 6.02. The lowest BCUT2D eigenvalue weighted by molar-refractivity contribution is -0.139. The molecular weight excluding hydrogens is 574 g/mol. The van der Waals surface area contributed by atoms with E-state index >= 15 is 0 Å². The summed E-state index contributed by atoms with van der Waals surface area (Å²) >= 11 is 9.32. The van der Waals surface area contributed by atoms with E-state index in [-0.39, 0.29) is 17.0 Å². The summed E-state index contributed by atoms with van der Waals surface area (Å²) in [5, 5.41) is 12.0. The van der Waals surface area contributed by atoms with Crippen LogP contribution in [0.3, 0.4) is 0 Å². The maximum atomic E-state index is 14.8. The normalized spacial score (nSPS) is 16.2. The van der Waals surface area contributed by atoms with Gasteiger partial charge in [-0.05, 0) is 73.9 Å². The highest BCUT2D eigenvalue weighted by atomic mass is 35.5. The van der Waals surface area contributed by atoms with Crippen molar-refractivity contribution in [3.05, 3.63) is 104 Å². The Bertz CT molecular complexity index is 1380. The fourth-order valence-electron chi connectivity index (χ4n) is 4.09. The number of rotatable bonds is 9. The van der Waals surface area contributed by atoms with Gasteiger partial charge in [0.25, 0.3) is 0 Å². The lowest BCUT2D eigenvalue weighted by Gasteiger charge is -2.21. The van der Waals surface area contributed by atoms with E-state index in [2.05, 4.69) is 5.32 Å². The third kappa shape index (κ3) is 7.23. The Morgan fingerprint density at radius 1 is 1.15 bits per heavy atom. The Morgan fingerprint density at radius 3 is 2.49 bits per heavy atom. The molecule has 4 nitrogen and oxygen atoms in total. The number of hydrogen-bond acceptors (Lipinski definition) is 5. The van der Waals surface area contributed by atoms with Gasteiger partial charge in [-0.25, -0.2) is 9.18 Å². The Morgan fingerprint density at radius 2 is 1.87 bits per heavy atom. The van der Waals surface area contributed by atoms with Crippen LogP contribution in [0.2, 0.25) is 5.02 Å². The average molecular weight is 598 g/mol.